The van der Waals surface area contributed by atoms with Gasteiger partial charge < -0.3 is 15.1 Å². The Morgan fingerprint density at radius 3 is 2.51 bits per heavy atom. The van der Waals surface area contributed by atoms with E-state index in [1.165, 1.54) is 10.5 Å². The normalized spacial score (nSPS) is 19.6. The minimum absolute atomic E-state index is 0.0343. The van der Waals surface area contributed by atoms with Crippen molar-refractivity contribution in [2.45, 2.75) is 38.6 Å². The molecule has 0 saturated carbocycles. The summed E-state index contributed by atoms with van der Waals surface area (Å²) in [5, 5.41) is 20.0. The Kier molecular flexibility index (Phi) is 5.76. The molecule has 1 amide bonds. The number of carboxylic acid groups (broad SMARTS) is 1. The predicted molar refractivity (Wildman–Crippen MR) is 150 cm³/mol. The molecule has 0 unspecified atom stereocenters. The summed E-state index contributed by atoms with van der Waals surface area (Å²) < 4.78 is 4.20. The molecule has 3 aliphatic rings. The Morgan fingerprint density at radius 1 is 0.976 bits per heavy atom. The Morgan fingerprint density at radius 2 is 1.76 bits per heavy atom. The molecular formula is C33H28N3O5+. The van der Waals surface area contributed by atoms with Crippen LogP contribution in [0.25, 0.3) is 16.7 Å². The van der Waals surface area contributed by atoms with Gasteiger partial charge in [0.05, 0.1) is 18.1 Å². The average Bonchev–Trinajstić information content (AvgIpc) is 3.62. The summed E-state index contributed by atoms with van der Waals surface area (Å²) in [4.78, 5) is 39.5. The summed E-state index contributed by atoms with van der Waals surface area (Å²) in [7, 11) is 0. The molecule has 7 rings (SSSR count). The lowest BCUT2D eigenvalue weighted by atomic mass is 9.82. The van der Waals surface area contributed by atoms with Crippen molar-refractivity contribution in [3.63, 3.8) is 0 Å². The van der Waals surface area contributed by atoms with Crippen LogP contribution in [0.1, 0.15) is 46.0 Å². The third-order valence-electron chi connectivity index (χ3n) is 8.48. The van der Waals surface area contributed by atoms with E-state index in [2.05, 4.69) is 27.6 Å². The number of nitrogens with zero attached hydrogens (tertiary/aromatic N) is 3. The highest BCUT2D eigenvalue weighted by atomic mass is 16.4. The second-order valence-corrected chi connectivity index (χ2v) is 11.1. The fraction of sp³-hybridized carbons (Fsp3) is 0.212. The second-order valence-electron chi connectivity index (χ2n) is 11.1. The number of aliphatic hydroxyl groups is 1. The number of aromatic nitrogens is 2. The lowest BCUT2D eigenvalue weighted by Gasteiger charge is -2.44. The Balaban J connectivity index is 1.16. The van der Waals surface area contributed by atoms with Gasteiger partial charge in [0.2, 0.25) is 12.2 Å². The molecule has 8 nitrogen and oxygen atoms in total. The van der Waals surface area contributed by atoms with Crippen molar-refractivity contribution >= 4 is 23.2 Å². The van der Waals surface area contributed by atoms with Crippen LogP contribution in [0.3, 0.4) is 0 Å². The highest BCUT2D eigenvalue weighted by Gasteiger charge is 2.56. The molecular weight excluding hydrogens is 518 g/mol. The van der Waals surface area contributed by atoms with E-state index < -0.39 is 18.0 Å². The number of amides is 1. The standard InChI is InChI=1S/C33H27N3O5/c1-19(37)29-28-15-25(30(33(40)41)36(28)32(29)39)22-8-10-24-26(14-22)23-9-7-21(13-27(23)31(24)38)17-35-12-11-34(18-35)16-20-5-3-2-4-6-20/h2-14,18-19,28-29,37H,15-17H2,1H3/p+1/t19-,28-,29-/m1/s1. The number of rotatable bonds is 7. The minimum atomic E-state index is -1.17. The zero-order chi connectivity index (χ0) is 28.4. The first kappa shape index (κ1) is 25.2. The number of ketones is 1. The molecule has 2 N–H and O–H groups in total. The number of aliphatic carboxylic acids is 1. The highest BCUT2D eigenvalue weighted by Crippen LogP contribution is 2.48. The smallest absolute Gasteiger partial charge is 0.352 e. The monoisotopic (exact) mass is 546 g/mol. The molecule has 3 aromatic carbocycles. The van der Waals surface area contributed by atoms with Crippen molar-refractivity contribution < 1.29 is 29.2 Å². The third kappa shape index (κ3) is 4.02. The zero-order valence-electron chi connectivity index (χ0n) is 22.4. The van der Waals surface area contributed by atoms with E-state index in [9.17, 15) is 24.6 Å². The van der Waals surface area contributed by atoms with Gasteiger partial charge in [-0.05, 0) is 64.9 Å². The number of β-lactam (4-membered cyclic amide) rings is 1. The SMILES string of the molecule is C[C@@H](O)[C@H]1C(=O)N2C(C(=O)O)=C(c3ccc4c(c3)-c3ccc(C[n+]5ccn(Cc6ccccc6)c5)cc3C4=O)C[C@H]12. The minimum Gasteiger partial charge on any atom is -0.477 e. The van der Waals surface area contributed by atoms with Crippen molar-refractivity contribution in [1.82, 2.24) is 9.47 Å². The van der Waals surface area contributed by atoms with Crippen molar-refractivity contribution in [3.05, 3.63) is 119 Å². The zero-order valence-corrected chi connectivity index (χ0v) is 22.4. The van der Waals surface area contributed by atoms with Gasteiger partial charge in [0.1, 0.15) is 31.2 Å². The van der Waals surface area contributed by atoms with Crippen LogP contribution in [-0.4, -0.2) is 49.5 Å². The fourth-order valence-electron chi connectivity index (χ4n) is 6.57. The van der Waals surface area contributed by atoms with E-state index in [-0.39, 0.29) is 23.4 Å². The molecule has 0 radical (unpaired) electrons. The van der Waals surface area contributed by atoms with Crippen LogP contribution in [0.5, 0.6) is 0 Å². The van der Waals surface area contributed by atoms with Crippen molar-refractivity contribution in [2.75, 3.05) is 0 Å². The van der Waals surface area contributed by atoms with Crippen molar-refractivity contribution in [3.8, 4) is 11.1 Å². The Hall–Kier alpha value is -4.82. The van der Waals surface area contributed by atoms with Gasteiger partial charge >= 0.3 is 5.97 Å². The van der Waals surface area contributed by atoms with Gasteiger partial charge in [-0.3, -0.25) is 9.59 Å². The summed E-state index contributed by atoms with van der Waals surface area (Å²) in [5.74, 6) is -2.19. The molecule has 0 bridgehead atoms. The summed E-state index contributed by atoms with van der Waals surface area (Å²) in [6.07, 6.45) is 5.60. The molecule has 0 spiro atoms. The fourth-order valence-corrected chi connectivity index (χ4v) is 6.57. The summed E-state index contributed by atoms with van der Waals surface area (Å²) in [6.45, 7) is 2.96. The first-order valence-electron chi connectivity index (χ1n) is 13.7. The van der Waals surface area contributed by atoms with Crippen LogP contribution >= 0.6 is 0 Å². The van der Waals surface area contributed by atoms with Gasteiger partial charge in [-0.1, -0.05) is 48.5 Å². The molecule has 1 saturated heterocycles. The number of aliphatic hydroxyl groups excluding tert-OH is 1. The van der Waals surface area contributed by atoms with E-state index in [4.69, 9.17) is 0 Å². The number of hydrogen-bond donors (Lipinski definition) is 2. The maximum Gasteiger partial charge on any atom is 0.352 e. The van der Waals surface area contributed by atoms with Crippen molar-refractivity contribution in [2.24, 2.45) is 5.92 Å². The summed E-state index contributed by atoms with van der Waals surface area (Å²) in [5.41, 5.74) is 6.21. The van der Waals surface area contributed by atoms with Gasteiger partial charge in [0.25, 0.3) is 0 Å². The molecule has 8 heteroatoms. The summed E-state index contributed by atoms with van der Waals surface area (Å²) >= 11 is 0. The van der Waals surface area contributed by atoms with Gasteiger partial charge in [-0.25, -0.2) is 13.9 Å². The van der Waals surface area contributed by atoms with E-state index in [1.54, 1.807) is 19.1 Å². The first-order valence-corrected chi connectivity index (χ1v) is 13.7. The van der Waals surface area contributed by atoms with Crippen LogP contribution in [0, 0.1) is 5.92 Å². The summed E-state index contributed by atoms with van der Waals surface area (Å²) in [6, 6.07) is 21.2. The van der Waals surface area contributed by atoms with Gasteiger partial charge in [0, 0.05) is 11.1 Å². The first-order chi connectivity index (χ1) is 19.8. The lowest BCUT2D eigenvalue weighted by Crippen LogP contribution is -2.61. The number of imidazole rings is 1. The molecule has 204 valence electrons. The number of hydrogen-bond acceptors (Lipinski definition) is 4. The lowest BCUT2D eigenvalue weighted by molar-refractivity contribution is -0.687. The highest BCUT2D eigenvalue weighted by molar-refractivity contribution is 6.22. The number of benzene rings is 3. The largest absolute Gasteiger partial charge is 0.477 e. The van der Waals surface area contributed by atoms with Crippen LogP contribution < -0.4 is 4.57 Å². The Labute approximate surface area is 236 Å². The van der Waals surface area contributed by atoms with E-state index >= 15 is 0 Å². The maximum absolute atomic E-state index is 13.4. The molecule has 3 atom stereocenters. The number of carbonyl (C=O) groups excluding carboxylic acids is 2. The van der Waals surface area contributed by atoms with Gasteiger partial charge in [0.15, 0.2) is 5.78 Å². The number of carboxylic acids is 1. The van der Waals surface area contributed by atoms with Crippen LogP contribution in [0.4, 0.5) is 0 Å². The van der Waals surface area contributed by atoms with Crippen LogP contribution in [0.15, 0.2) is 91.1 Å². The average molecular weight is 547 g/mol. The maximum atomic E-state index is 13.4. The number of fused-ring (bicyclic) bond motifs is 4. The van der Waals surface area contributed by atoms with E-state index in [1.807, 2.05) is 54.9 Å². The molecule has 4 aromatic rings. The third-order valence-corrected chi connectivity index (χ3v) is 8.48. The topological polar surface area (TPSA) is 104 Å². The van der Waals surface area contributed by atoms with E-state index in [0.717, 1.165) is 23.2 Å². The van der Waals surface area contributed by atoms with E-state index in [0.29, 0.717) is 35.2 Å². The number of carbonyl (C=O) groups is 3. The second kappa shape index (κ2) is 9.38. The molecule has 1 aromatic heterocycles. The quantitative estimate of drug-likeness (QED) is 0.240. The molecule has 41 heavy (non-hydrogen) atoms. The molecule has 1 fully saturated rings. The van der Waals surface area contributed by atoms with Crippen LogP contribution in [0.2, 0.25) is 0 Å². The van der Waals surface area contributed by atoms with Crippen LogP contribution in [-0.2, 0) is 22.7 Å². The molecule has 2 aliphatic heterocycles. The van der Waals surface area contributed by atoms with Gasteiger partial charge in [-0.15, -0.1) is 0 Å². The van der Waals surface area contributed by atoms with Crippen molar-refractivity contribution in [1.29, 1.82) is 0 Å². The Bertz CT molecular complexity index is 1790. The molecule has 3 heterocycles. The predicted octanol–water partition coefficient (Wildman–Crippen LogP) is 3.49. The molecule has 1 aliphatic carbocycles. The van der Waals surface area contributed by atoms with Gasteiger partial charge in [-0.2, -0.15) is 0 Å².